The zero-order valence-corrected chi connectivity index (χ0v) is 27.1. The predicted molar refractivity (Wildman–Crippen MR) is 203 cm³/mol. The van der Waals surface area contributed by atoms with Gasteiger partial charge in [-0.25, -0.2) is 0 Å². The predicted octanol–water partition coefficient (Wildman–Crippen LogP) is 13.2. The van der Waals surface area contributed by atoms with Gasteiger partial charge in [0.1, 0.15) is 0 Å². The molecule has 47 heavy (non-hydrogen) atoms. The zero-order valence-electron chi connectivity index (χ0n) is 27.1. The lowest BCUT2D eigenvalue weighted by Gasteiger charge is -2.31. The fraction of sp³-hybridized carbons (Fsp3) is 0.0870. The van der Waals surface area contributed by atoms with Gasteiger partial charge in [0.15, 0.2) is 0 Å². The quantitative estimate of drug-likeness (QED) is 0.189. The molecule has 0 aliphatic heterocycles. The van der Waals surface area contributed by atoms with Crippen LogP contribution in [0.1, 0.15) is 26.3 Å². The summed E-state index contributed by atoms with van der Waals surface area (Å²) in [6, 6.07) is 62.2. The van der Waals surface area contributed by atoms with E-state index in [-0.39, 0.29) is 5.41 Å². The summed E-state index contributed by atoms with van der Waals surface area (Å²) in [5.74, 6) is 0. The lowest BCUT2D eigenvalue weighted by atomic mass is 9.86. The Balaban J connectivity index is 1.50. The van der Waals surface area contributed by atoms with E-state index in [9.17, 15) is 0 Å². The summed E-state index contributed by atoms with van der Waals surface area (Å²) in [6.45, 7) is 6.82. The van der Waals surface area contributed by atoms with Gasteiger partial charge in [-0.3, -0.25) is 0 Å². The smallest absolute Gasteiger partial charge is 0.0546 e. The number of fused-ring (bicyclic) bond motifs is 3. The molecule has 8 aromatic rings. The molecule has 1 nitrogen and oxygen atoms in total. The number of benzene rings is 8. The molecule has 0 atom stereocenters. The van der Waals surface area contributed by atoms with E-state index in [0.29, 0.717) is 0 Å². The van der Waals surface area contributed by atoms with Crippen LogP contribution in [-0.4, -0.2) is 0 Å². The van der Waals surface area contributed by atoms with E-state index in [1.54, 1.807) is 0 Å². The van der Waals surface area contributed by atoms with Crippen LogP contribution in [0.4, 0.5) is 17.1 Å². The standard InChI is InChI=1S/C46H37N/c1-46(2,3)35-28-30-36(31-29-35)47(43-26-12-19-34-16-6-9-22-39(34)43)44-27-13-25-42(40-23-10-17-32-14-4-7-20-37(32)40)45(44)41-24-11-18-33-15-5-8-21-38(33)41/h4-31H,1-3H3. The molecule has 226 valence electrons. The lowest BCUT2D eigenvalue weighted by molar-refractivity contribution is 0.590. The van der Waals surface area contributed by atoms with Crippen molar-refractivity contribution in [1.82, 2.24) is 0 Å². The first-order valence-corrected chi connectivity index (χ1v) is 16.5. The molecule has 0 unspecified atom stereocenters. The van der Waals surface area contributed by atoms with Crippen LogP contribution < -0.4 is 4.90 Å². The Kier molecular flexibility index (Phi) is 7.11. The van der Waals surface area contributed by atoms with Crippen LogP contribution in [0.5, 0.6) is 0 Å². The molecule has 0 spiro atoms. The maximum atomic E-state index is 2.47. The van der Waals surface area contributed by atoms with Crippen LogP contribution in [0.3, 0.4) is 0 Å². The van der Waals surface area contributed by atoms with Gasteiger partial charge in [-0.1, -0.05) is 166 Å². The highest BCUT2D eigenvalue weighted by molar-refractivity contribution is 6.10. The van der Waals surface area contributed by atoms with Gasteiger partial charge in [-0.15, -0.1) is 0 Å². The van der Waals surface area contributed by atoms with Crippen molar-refractivity contribution in [2.24, 2.45) is 0 Å². The molecule has 0 radical (unpaired) electrons. The summed E-state index contributed by atoms with van der Waals surface area (Å²) in [5, 5.41) is 7.40. The van der Waals surface area contributed by atoms with Gasteiger partial charge >= 0.3 is 0 Å². The molecular weight excluding hydrogens is 567 g/mol. The highest BCUT2D eigenvalue weighted by atomic mass is 15.1. The van der Waals surface area contributed by atoms with Gasteiger partial charge in [-0.2, -0.15) is 0 Å². The summed E-state index contributed by atoms with van der Waals surface area (Å²) >= 11 is 0. The van der Waals surface area contributed by atoms with Crippen LogP contribution in [0, 0.1) is 0 Å². The molecule has 0 amide bonds. The monoisotopic (exact) mass is 603 g/mol. The average molecular weight is 604 g/mol. The Bertz CT molecular complexity index is 2380. The second kappa shape index (κ2) is 11.6. The van der Waals surface area contributed by atoms with Gasteiger partial charge in [0.25, 0.3) is 0 Å². The molecule has 8 rings (SSSR count). The van der Waals surface area contributed by atoms with Crippen molar-refractivity contribution in [3.63, 3.8) is 0 Å². The first kappa shape index (κ1) is 28.8. The van der Waals surface area contributed by atoms with Gasteiger partial charge in [0.2, 0.25) is 0 Å². The number of hydrogen-bond acceptors (Lipinski definition) is 1. The van der Waals surface area contributed by atoms with Crippen molar-refractivity contribution in [1.29, 1.82) is 0 Å². The molecule has 0 saturated carbocycles. The minimum Gasteiger partial charge on any atom is -0.309 e. The molecule has 8 aromatic carbocycles. The third kappa shape index (κ3) is 5.15. The van der Waals surface area contributed by atoms with E-state index in [0.717, 1.165) is 17.1 Å². The topological polar surface area (TPSA) is 3.24 Å². The molecule has 0 saturated heterocycles. The van der Waals surface area contributed by atoms with Crippen molar-refractivity contribution in [3.8, 4) is 22.3 Å². The van der Waals surface area contributed by atoms with E-state index in [2.05, 4.69) is 196 Å². The summed E-state index contributed by atoms with van der Waals surface area (Å²) < 4.78 is 0. The molecule has 0 bridgehead atoms. The van der Waals surface area contributed by atoms with Gasteiger partial charge in [0, 0.05) is 16.6 Å². The molecule has 0 aliphatic carbocycles. The molecule has 0 aromatic heterocycles. The number of nitrogens with zero attached hydrogens (tertiary/aromatic N) is 1. The van der Waals surface area contributed by atoms with Crippen molar-refractivity contribution in [2.75, 3.05) is 4.90 Å². The number of rotatable bonds is 5. The highest BCUT2D eigenvalue weighted by Gasteiger charge is 2.24. The molecule has 0 aliphatic rings. The molecule has 1 heteroatoms. The Morgan fingerprint density at radius 2 is 0.809 bits per heavy atom. The van der Waals surface area contributed by atoms with Crippen LogP contribution >= 0.6 is 0 Å². The second-order valence-electron chi connectivity index (χ2n) is 13.4. The Labute approximate surface area is 277 Å². The minimum atomic E-state index is 0.0607. The van der Waals surface area contributed by atoms with E-state index in [4.69, 9.17) is 0 Å². The Morgan fingerprint density at radius 3 is 1.45 bits per heavy atom. The number of anilines is 3. The lowest BCUT2D eigenvalue weighted by Crippen LogP contribution is -2.14. The zero-order chi connectivity index (χ0) is 32.0. The van der Waals surface area contributed by atoms with Crippen LogP contribution in [0.15, 0.2) is 170 Å². The molecule has 0 fully saturated rings. The first-order valence-electron chi connectivity index (χ1n) is 16.5. The fourth-order valence-corrected chi connectivity index (χ4v) is 7.06. The summed E-state index contributed by atoms with van der Waals surface area (Å²) in [7, 11) is 0. The average Bonchev–Trinajstić information content (AvgIpc) is 3.11. The van der Waals surface area contributed by atoms with Gasteiger partial charge in [0.05, 0.1) is 11.4 Å². The third-order valence-electron chi connectivity index (χ3n) is 9.42. The minimum absolute atomic E-state index is 0.0607. The van der Waals surface area contributed by atoms with E-state index < -0.39 is 0 Å². The van der Waals surface area contributed by atoms with E-state index >= 15 is 0 Å². The third-order valence-corrected chi connectivity index (χ3v) is 9.42. The maximum absolute atomic E-state index is 2.47. The van der Waals surface area contributed by atoms with Crippen LogP contribution in [0.25, 0.3) is 54.6 Å². The summed E-state index contributed by atoms with van der Waals surface area (Å²) in [5.41, 5.74) is 9.69. The molecule has 0 N–H and O–H groups in total. The van der Waals surface area contributed by atoms with Crippen molar-refractivity contribution < 1.29 is 0 Å². The maximum Gasteiger partial charge on any atom is 0.0546 e. The summed E-state index contributed by atoms with van der Waals surface area (Å²) in [6.07, 6.45) is 0. The van der Waals surface area contributed by atoms with E-state index in [1.807, 2.05) is 0 Å². The largest absolute Gasteiger partial charge is 0.309 e. The van der Waals surface area contributed by atoms with Crippen LogP contribution in [0.2, 0.25) is 0 Å². The fourth-order valence-electron chi connectivity index (χ4n) is 7.06. The SMILES string of the molecule is CC(C)(C)c1ccc(N(c2cccc(-c3cccc4ccccc34)c2-c2cccc3ccccc23)c2cccc3ccccc23)cc1. The van der Waals surface area contributed by atoms with Crippen LogP contribution in [-0.2, 0) is 5.41 Å². The Morgan fingerprint density at radius 1 is 0.362 bits per heavy atom. The highest BCUT2D eigenvalue weighted by Crippen LogP contribution is 2.49. The van der Waals surface area contributed by atoms with Crippen molar-refractivity contribution in [3.05, 3.63) is 175 Å². The molecule has 0 heterocycles. The van der Waals surface area contributed by atoms with Gasteiger partial charge < -0.3 is 4.90 Å². The first-order chi connectivity index (χ1) is 23.0. The Hall–Kier alpha value is -5.66. The molecular formula is C46H37N. The second-order valence-corrected chi connectivity index (χ2v) is 13.4. The normalized spacial score (nSPS) is 11.7. The van der Waals surface area contributed by atoms with Gasteiger partial charge in [-0.05, 0) is 78.9 Å². The van der Waals surface area contributed by atoms with E-state index in [1.165, 1.54) is 60.1 Å². The summed E-state index contributed by atoms with van der Waals surface area (Å²) in [4.78, 5) is 2.47. The van der Waals surface area contributed by atoms with Crippen molar-refractivity contribution >= 4 is 49.4 Å². The van der Waals surface area contributed by atoms with Crippen molar-refractivity contribution in [2.45, 2.75) is 26.2 Å². The number of hydrogen-bond donors (Lipinski definition) is 0.